The zero-order valence-electron chi connectivity index (χ0n) is 14.7. The molecule has 138 valence electrons. The van der Waals surface area contributed by atoms with E-state index < -0.39 is 0 Å². The molecule has 0 aliphatic carbocycles. The van der Waals surface area contributed by atoms with Crippen molar-refractivity contribution < 1.29 is 9.59 Å². The lowest BCUT2D eigenvalue weighted by molar-refractivity contribution is -0.117. The third-order valence-electron chi connectivity index (χ3n) is 4.41. The van der Waals surface area contributed by atoms with E-state index in [0.29, 0.717) is 48.0 Å². The highest BCUT2D eigenvalue weighted by Gasteiger charge is 2.23. The minimum absolute atomic E-state index is 0.0905. The van der Waals surface area contributed by atoms with Crippen LogP contribution < -0.4 is 5.32 Å². The molecule has 1 fully saturated rings. The summed E-state index contributed by atoms with van der Waals surface area (Å²) < 4.78 is 0. The Bertz CT molecular complexity index is 886. The second-order valence-corrected chi connectivity index (χ2v) is 6.70. The zero-order chi connectivity index (χ0) is 19.2. The molecule has 2 aromatic carbocycles. The molecule has 0 bridgehead atoms. The Kier molecular flexibility index (Phi) is 6.07. The molecule has 0 unspecified atom stereocenters. The van der Waals surface area contributed by atoms with Crippen LogP contribution in [0, 0.1) is 11.3 Å². The van der Waals surface area contributed by atoms with Gasteiger partial charge in [0.25, 0.3) is 5.91 Å². The molecule has 0 spiro atoms. The van der Waals surface area contributed by atoms with Gasteiger partial charge in [0.1, 0.15) is 0 Å². The molecule has 6 nitrogen and oxygen atoms in total. The number of hydrogen-bond acceptors (Lipinski definition) is 4. The molecule has 3 rings (SSSR count). The standard InChI is InChI=1S/C20H19ClN4O2/c21-17-6-1-2-7-18(17)23-19(26)14-24-8-10-25(11-9-24)20(27)16-5-3-4-15(12-16)13-22/h1-7,12H,8-11,14H2,(H,23,26). The van der Waals surface area contributed by atoms with Gasteiger partial charge in [-0.2, -0.15) is 5.26 Å². The number of hydrogen-bond donors (Lipinski definition) is 1. The van der Waals surface area contributed by atoms with Crippen LogP contribution in [-0.4, -0.2) is 54.3 Å². The topological polar surface area (TPSA) is 76.4 Å². The van der Waals surface area contributed by atoms with E-state index in [-0.39, 0.29) is 18.4 Å². The molecule has 2 amide bonds. The minimum Gasteiger partial charge on any atom is -0.336 e. The third kappa shape index (κ3) is 4.85. The maximum absolute atomic E-state index is 12.6. The summed E-state index contributed by atoms with van der Waals surface area (Å²) >= 11 is 6.05. The number of carbonyl (C=O) groups is 2. The Labute approximate surface area is 162 Å². The van der Waals surface area contributed by atoms with Gasteiger partial charge < -0.3 is 10.2 Å². The Morgan fingerprint density at radius 1 is 1.07 bits per heavy atom. The fraction of sp³-hybridized carbons (Fsp3) is 0.250. The summed E-state index contributed by atoms with van der Waals surface area (Å²) in [6.45, 7) is 2.54. The van der Waals surface area contributed by atoms with Gasteiger partial charge in [-0.25, -0.2) is 0 Å². The Hall–Kier alpha value is -2.88. The van der Waals surface area contributed by atoms with Crippen LogP contribution in [0.5, 0.6) is 0 Å². The van der Waals surface area contributed by atoms with Crippen molar-refractivity contribution in [2.75, 3.05) is 38.0 Å². The Balaban J connectivity index is 1.51. The van der Waals surface area contributed by atoms with Gasteiger partial charge in [-0.1, -0.05) is 29.8 Å². The van der Waals surface area contributed by atoms with E-state index >= 15 is 0 Å². The number of anilines is 1. The van der Waals surface area contributed by atoms with Gasteiger partial charge in [0.2, 0.25) is 5.91 Å². The average Bonchev–Trinajstić information content (AvgIpc) is 2.70. The van der Waals surface area contributed by atoms with Gasteiger partial charge in [-0.15, -0.1) is 0 Å². The molecule has 0 aromatic heterocycles. The lowest BCUT2D eigenvalue weighted by Gasteiger charge is -2.34. The zero-order valence-corrected chi connectivity index (χ0v) is 15.4. The van der Waals surface area contributed by atoms with Gasteiger partial charge >= 0.3 is 0 Å². The van der Waals surface area contributed by atoms with Crippen molar-refractivity contribution in [3.8, 4) is 6.07 Å². The number of carbonyl (C=O) groups excluding carboxylic acids is 2. The summed E-state index contributed by atoms with van der Waals surface area (Å²) in [5, 5.41) is 12.3. The van der Waals surface area contributed by atoms with Crippen molar-refractivity contribution in [3.63, 3.8) is 0 Å². The number of piperazine rings is 1. The number of para-hydroxylation sites is 1. The molecule has 7 heteroatoms. The van der Waals surface area contributed by atoms with Crippen molar-refractivity contribution in [3.05, 3.63) is 64.7 Å². The van der Waals surface area contributed by atoms with E-state index in [1.807, 2.05) is 17.0 Å². The largest absolute Gasteiger partial charge is 0.336 e. The lowest BCUT2D eigenvalue weighted by Crippen LogP contribution is -2.50. The third-order valence-corrected chi connectivity index (χ3v) is 4.74. The van der Waals surface area contributed by atoms with Crippen LogP contribution in [0.3, 0.4) is 0 Å². The Morgan fingerprint density at radius 2 is 1.81 bits per heavy atom. The maximum atomic E-state index is 12.6. The SMILES string of the molecule is N#Cc1cccc(C(=O)N2CCN(CC(=O)Nc3ccccc3Cl)CC2)c1. The number of nitrogens with zero attached hydrogens (tertiary/aromatic N) is 3. The van der Waals surface area contributed by atoms with Crippen molar-refractivity contribution in [1.29, 1.82) is 5.26 Å². The molecule has 1 aliphatic rings. The lowest BCUT2D eigenvalue weighted by atomic mass is 10.1. The highest BCUT2D eigenvalue weighted by atomic mass is 35.5. The normalized spacial score (nSPS) is 14.4. The van der Waals surface area contributed by atoms with Crippen molar-refractivity contribution in [2.24, 2.45) is 0 Å². The summed E-state index contributed by atoms with van der Waals surface area (Å²) in [6, 6.07) is 15.8. The monoisotopic (exact) mass is 382 g/mol. The van der Waals surface area contributed by atoms with Crippen molar-refractivity contribution >= 4 is 29.1 Å². The van der Waals surface area contributed by atoms with Gasteiger partial charge in [0.05, 0.1) is 28.9 Å². The molecule has 0 saturated carbocycles. The van der Waals surface area contributed by atoms with Crippen LogP contribution in [0.4, 0.5) is 5.69 Å². The summed E-state index contributed by atoms with van der Waals surface area (Å²) in [7, 11) is 0. The molecule has 0 radical (unpaired) electrons. The average molecular weight is 383 g/mol. The van der Waals surface area contributed by atoms with E-state index in [4.69, 9.17) is 16.9 Å². The number of nitriles is 1. The smallest absolute Gasteiger partial charge is 0.253 e. The number of halogens is 1. The van der Waals surface area contributed by atoms with E-state index in [9.17, 15) is 9.59 Å². The quantitative estimate of drug-likeness (QED) is 0.881. The van der Waals surface area contributed by atoms with Crippen molar-refractivity contribution in [2.45, 2.75) is 0 Å². The fourth-order valence-corrected chi connectivity index (χ4v) is 3.15. The maximum Gasteiger partial charge on any atom is 0.253 e. The van der Waals surface area contributed by atoms with Gasteiger partial charge in [-0.3, -0.25) is 14.5 Å². The molecule has 1 N–H and O–H groups in total. The number of benzene rings is 2. The minimum atomic E-state index is -0.135. The summed E-state index contributed by atoms with van der Waals surface area (Å²) in [4.78, 5) is 28.5. The van der Waals surface area contributed by atoms with E-state index in [0.717, 1.165) is 0 Å². The molecule has 2 aromatic rings. The number of rotatable bonds is 4. The molecule has 1 aliphatic heterocycles. The van der Waals surface area contributed by atoms with E-state index in [1.165, 1.54) is 0 Å². The van der Waals surface area contributed by atoms with Crippen LogP contribution in [0.15, 0.2) is 48.5 Å². The first-order valence-electron chi connectivity index (χ1n) is 8.63. The molecule has 1 saturated heterocycles. The van der Waals surface area contributed by atoms with Crippen LogP contribution in [-0.2, 0) is 4.79 Å². The number of amides is 2. The molecule has 27 heavy (non-hydrogen) atoms. The second-order valence-electron chi connectivity index (χ2n) is 6.29. The summed E-state index contributed by atoms with van der Waals surface area (Å²) in [6.07, 6.45) is 0. The first-order chi connectivity index (χ1) is 13.1. The molecular formula is C20H19ClN4O2. The van der Waals surface area contributed by atoms with E-state index in [2.05, 4.69) is 5.32 Å². The van der Waals surface area contributed by atoms with Crippen molar-refractivity contribution in [1.82, 2.24) is 9.80 Å². The summed E-state index contributed by atoms with van der Waals surface area (Å²) in [5.41, 5.74) is 1.57. The fourth-order valence-electron chi connectivity index (χ4n) is 2.97. The van der Waals surface area contributed by atoms with Crippen LogP contribution >= 0.6 is 11.6 Å². The van der Waals surface area contributed by atoms with E-state index in [1.54, 1.807) is 47.4 Å². The first kappa shape index (κ1) is 18.9. The first-order valence-corrected chi connectivity index (χ1v) is 9.01. The molecular weight excluding hydrogens is 364 g/mol. The van der Waals surface area contributed by atoms with Gasteiger partial charge in [0, 0.05) is 31.7 Å². The Morgan fingerprint density at radius 3 is 2.52 bits per heavy atom. The predicted octanol–water partition coefficient (Wildman–Crippen LogP) is 2.61. The van der Waals surface area contributed by atoms with Gasteiger partial charge in [-0.05, 0) is 30.3 Å². The highest BCUT2D eigenvalue weighted by molar-refractivity contribution is 6.33. The van der Waals surface area contributed by atoms with Crippen LogP contribution in [0.2, 0.25) is 5.02 Å². The van der Waals surface area contributed by atoms with Crippen LogP contribution in [0.25, 0.3) is 0 Å². The summed E-state index contributed by atoms with van der Waals surface area (Å²) in [5.74, 6) is -0.225. The van der Waals surface area contributed by atoms with Gasteiger partial charge in [0.15, 0.2) is 0 Å². The molecule has 1 heterocycles. The predicted molar refractivity (Wildman–Crippen MR) is 104 cm³/mol. The second kappa shape index (κ2) is 8.67. The van der Waals surface area contributed by atoms with Crippen LogP contribution in [0.1, 0.15) is 15.9 Å². The highest BCUT2D eigenvalue weighted by Crippen LogP contribution is 2.20. The molecule has 0 atom stereocenters. The number of nitrogens with one attached hydrogen (secondary N) is 1.